The van der Waals surface area contributed by atoms with Crippen molar-refractivity contribution < 1.29 is 19.4 Å². The van der Waals surface area contributed by atoms with Gasteiger partial charge in [-0.15, -0.1) is 0 Å². The predicted octanol–water partition coefficient (Wildman–Crippen LogP) is 1.77. The van der Waals surface area contributed by atoms with E-state index in [0.29, 0.717) is 5.56 Å². The van der Waals surface area contributed by atoms with E-state index >= 15 is 0 Å². The van der Waals surface area contributed by atoms with E-state index in [1.54, 1.807) is 0 Å². The molecule has 0 aromatic heterocycles. The van der Waals surface area contributed by atoms with E-state index < -0.39 is 0 Å². The van der Waals surface area contributed by atoms with Crippen LogP contribution in [0.25, 0.3) is 0 Å². The minimum Gasteiger partial charge on any atom is -0.503 e. The Bertz CT molecular complexity index is 376. The summed E-state index contributed by atoms with van der Waals surface area (Å²) in [7, 11) is 2.72. The summed E-state index contributed by atoms with van der Waals surface area (Å²) in [5.41, 5.74) is 0.626. The van der Waals surface area contributed by atoms with Gasteiger partial charge in [0.25, 0.3) is 0 Å². The zero-order valence-corrected chi connectivity index (χ0v) is 9.17. The van der Waals surface area contributed by atoms with Crippen LogP contribution in [0.2, 0.25) is 5.02 Å². The predicted molar refractivity (Wildman–Crippen MR) is 55.4 cm³/mol. The molecule has 1 aromatic rings. The number of carbonyl (C=O) groups is 1. The van der Waals surface area contributed by atoms with Crippen LogP contribution in [0.3, 0.4) is 0 Å². The average Bonchev–Trinajstić information content (AvgIpc) is 2.22. The van der Waals surface area contributed by atoms with Crippen molar-refractivity contribution in [3.05, 3.63) is 22.7 Å². The van der Waals surface area contributed by atoms with Gasteiger partial charge >= 0.3 is 5.97 Å². The molecule has 1 rings (SSSR count). The highest BCUT2D eigenvalue weighted by molar-refractivity contribution is 6.32. The smallest absolute Gasteiger partial charge is 0.309 e. The van der Waals surface area contributed by atoms with E-state index in [-0.39, 0.29) is 28.9 Å². The van der Waals surface area contributed by atoms with Crippen molar-refractivity contribution in [1.82, 2.24) is 0 Å². The Kier molecular flexibility index (Phi) is 3.80. The van der Waals surface area contributed by atoms with Gasteiger partial charge in [0.1, 0.15) is 0 Å². The maximum atomic E-state index is 11.0. The van der Waals surface area contributed by atoms with Crippen LogP contribution in [-0.4, -0.2) is 25.3 Å². The molecule has 15 heavy (non-hydrogen) atoms. The summed E-state index contributed by atoms with van der Waals surface area (Å²) in [5.74, 6) is -0.270. The summed E-state index contributed by atoms with van der Waals surface area (Å²) in [6.45, 7) is 0. The number of aromatic hydroxyl groups is 1. The molecule has 0 heterocycles. The second-order valence-electron chi connectivity index (χ2n) is 2.88. The Hall–Kier alpha value is -1.42. The lowest BCUT2D eigenvalue weighted by atomic mass is 10.1. The molecule has 0 fully saturated rings. The highest BCUT2D eigenvalue weighted by atomic mass is 35.5. The molecule has 0 saturated carbocycles. The Labute approximate surface area is 92.4 Å². The number of benzene rings is 1. The Morgan fingerprint density at radius 1 is 1.47 bits per heavy atom. The first-order valence-corrected chi connectivity index (χ1v) is 4.58. The van der Waals surface area contributed by atoms with Gasteiger partial charge in [-0.3, -0.25) is 4.79 Å². The normalized spacial score (nSPS) is 9.80. The maximum absolute atomic E-state index is 11.0. The third-order valence-electron chi connectivity index (χ3n) is 1.88. The molecular formula is C10H11ClO4. The second-order valence-corrected chi connectivity index (χ2v) is 3.29. The minimum atomic E-state index is -0.376. The number of carbonyl (C=O) groups excluding carboxylic acids is 1. The van der Waals surface area contributed by atoms with Gasteiger partial charge in [0.2, 0.25) is 0 Å². The number of phenols is 1. The van der Waals surface area contributed by atoms with Crippen LogP contribution < -0.4 is 4.74 Å². The number of rotatable bonds is 3. The molecule has 0 aliphatic carbocycles. The van der Waals surface area contributed by atoms with Gasteiger partial charge in [-0.05, 0) is 17.7 Å². The average molecular weight is 231 g/mol. The van der Waals surface area contributed by atoms with Crippen molar-refractivity contribution in [2.24, 2.45) is 0 Å². The van der Waals surface area contributed by atoms with Gasteiger partial charge in [0.05, 0.1) is 25.7 Å². The summed E-state index contributed by atoms with van der Waals surface area (Å²) in [6.07, 6.45) is 0.0901. The molecule has 0 radical (unpaired) electrons. The first-order chi connectivity index (χ1) is 7.08. The zero-order chi connectivity index (χ0) is 11.4. The van der Waals surface area contributed by atoms with E-state index in [2.05, 4.69) is 4.74 Å². The lowest BCUT2D eigenvalue weighted by molar-refractivity contribution is -0.139. The van der Waals surface area contributed by atoms with Crippen LogP contribution in [0.5, 0.6) is 11.5 Å². The monoisotopic (exact) mass is 230 g/mol. The van der Waals surface area contributed by atoms with Crippen LogP contribution >= 0.6 is 11.6 Å². The fourth-order valence-corrected chi connectivity index (χ4v) is 1.36. The number of esters is 1. The minimum absolute atomic E-state index is 0.0901. The number of hydrogen-bond donors (Lipinski definition) is 1. The number of ether oxygens (including phenoxy) is 2. The Morgan fingerprint density at radius 2 is 2.13 bits per heavy atom. The highest BCUT2D eigenvalue weighted by Gasteiger charge is 2.11. The molecule has 1 aromatic carbocycles. The summed E-state index contributed by atoms with van der Waals surface area (Å²) < 4.78 is 9.41. The van der Waals surface area contributed by atoms with Crippen molar-refractivity contribution in [3.8, 4) is 11.5 Å². The summed E-state index contributed by atoms with van der Waals surface area (Å²) in [4.78, 5) is 11.0. The first kappa shape index (κ1) is 11.7. The molecule has 0 aliphatic rings. The zero-order valence-electron chi connectivity index (χ0n) is 8.41. The third-order valence-corrected chi connectivity index (χ3v) is 2.17. The van der Waals surface area contributed by atoms with Gasteiger partial charge in [-0.2, -0.15) is 0 Å². The lowest BCUT2D eigenvalue weighted by Gasteiger charge is -2.07. The molecule has 0 unspecified atom stereocenters. The largest absolute Gasteiger partial charge is 0.503 e. The summed E-state index contributed by atoms with van der Waals surface area (Å²) in [6, 6.07) is 3.04. The molecule has 5 heteroatoms. The van der Waals surface area contributed by atoms with Gasteiger partial charge in [-0.25, -0.2) is 0 Å². The molecule has 0 saturated heterocycles. The van der Waals surface area contributed by atoms with E-state index in [0.717, 1.165) is 0 Å². The summed E-state index contributed by atoms with van der Waals surface area (Å²) >= 11 is 5.74. The molecule has 1 N–H and O–H groups in total. The number of halogens is 1. The van der Waals surface area contributed by atoms with E-state index in [1.165, 1.54) is 26.4 Å². The quantitative estimate of drug-likeness (QED) is 0.804. The van der Waals surface area contributed by atoms with Crippen molar-refractivity contribution in [3.63, 3.8) is 0 Å². The van der Waals surface area contributed by atoms with E-state index in [1.807, 2.05) is 0 Å². The van der Waals surface area contributed by atoms with Gasteiger partial charge in [0.15, 0.2) is 11.5 Å². The summed E-state index contributed by atoms with van der Waals surface area (Å²) in [5, 5.41) is 9.59. The number of methoxy groups -OCH3 is 2. The van der Waals surface area contributed by atoms with Gasteiger partial charge in [0, 0.05) is 0 Å². The first-order valence-electron chi connectivity index (χ1n) is 4.20. The van der Waals surface area contributed by atoms with Crippen LogP contribution in [0.4, 0.5) is 0 Å². The molecule has 82 valence electrons. The topological polar surface area (TPSA) is 55.8 Å². The van der Waals surface area contributed by atoms with Gasteiger partial charge in [-0.1, -0.05) is 11.6 Å². The van der Waals surface area contributed by atoms with Crippen molar-refractivity contribution >= 4 is 17.6 Å². The van der Waals surface area contributed by atoms with Crippen LogP contribution in [0.1, 0.15) is 5.56 Å². The molecule has 0 spiro atoms. The molecule has 0 atom stereocenters. The molecule has 4 nitrogen and oxygen atoms in total. The fourth-order valence-electron chi connectivity index (χ4n) is 1.12. The van der Waals surface area contributed by atoms with Crippen molar-refractivity contribution in [2.75, 3.05) is 14.2 Å². The van der Waals surface area contributed by atoms with Crippen LogP contribution in [0, 0.1) is 0 Å². The maximum Gasteiger partial charge on any atom is 0.309 e. The van der Waals surface area contributed by atoms with Crippen molar-refractivity contribution in [2.45, 2.75) is 6.42 Å². The molecule has 0 amide bonds. The molecule has 0 bridgehead atoms. The van der Waals surface area contributed by atoms with Crippen LogP contribution in [-0.2, 0) is 16.0 Å². The van der Waals surface area contributed by atoms with E-state index in [9.17, 15) is 9.90 Å². The third kappa shape index (κ3) is 2.76. The Morgan fingerprint density at radius 3 is 2.67 bits per heavy atom. The van der Waals surface area contributed by atoms with Gasteiger partial charge < -0.3 is 14.6 Å². The van der Waals surface area contributed by atoms with E-state index in [4.69, 9.17) is 16.3 Å². The standard InChI is InChI=1S/C10H11ClO4/c1-14-8-4-6(5-9(12)15-2)3-7(11)10(8)13/h3-4,13H,5H2,1-2H3. The van der Waals surface area contributed by atoms with Crippen LogP contribution in [0.15, 0.2) is 12.1 Å². The fraction of sp³-hybridized carbons (Fsp3) is 0.300. The van der Waals surface area contributed by atoms with Crippen molar-refractivity contribution in [1.29, 1.82) is 0 Å². The SMILES string of the molecule is COC(=O)Cc1cc(Cl)c(O)c(OC)c1. The lowest BCUT2D eigenvalue weighted by Crippen LogP contribution is -2.04. The molecular weight excluding hydrogens is 220 g/mol. The number of phenolic OH excluding ortho intramolecular Hbond substituents is 1. The number of hydrogen-bond acceptors (Lipinski definition) is 4. The highest BCUT2D eigenvalue weighted by Crippen LogP contribution is 2.34. The Balaban J connectivity index is 3.00. The second kappa shape index (κ2) is 4.89. The molecule has 0 aliphatic heterocycles.